The molecule has 4 heteroatoms. The summed E-state index contributed by atoms with van der Waals surface area (Å²) in [7, 11) is 0. The van der Waals surface area contributed by atoms with E-state index in [0.717, 1.165) is 38.5 Å². The molecule has 102 valence electrons. The third-order valence-electron chi connectivity index (χ3n) is 4.84. The zero-order chi connectivity index (χ0) is 13.2. The summed E-state index contributed by atoms with van der Waals surface area (Å²) in [6.45, 7) is 2.08. The maximum absolute atomic E-state index is 12.4. The van der Waals surface area contributed by atoms with Crippen molar-refractivity contribution in [3.8, 4) is 0 Å². The Kier molecular flexibility index (Phi) is 3.93. The van der Waals surface area contributed by atoms with Gasteiger partial charge in [0.15, 0.2) is 0 Å². The molecule has 2 N–H and O–H groups in total. The number of carboxylic acids is 1. The molecule has 2 saturated carbocycles. The van der Waals surface area contributed by atoms with Gasteiger partial charge in [0.05, 0.1) is 5.92 Å². The van der Waals surface area contributed by atoms with E-state index in [1.165, 1.54) is 0 Å². The molecule has 1 amide bonds. The summed E-state index contributed by atoms with van der Waals surface area (Å²) in [5, 5.41) is 12.1. The summed E-state index contributed by atoms with van der Waals surface area (Å²) >= 11 is 0. The molecule has 2 unspecified atom stereocenters. The fourth-order valence-corrected chi connectivity index (χ4v) is 3.47. The zero-order valence-electron chi connectivity index (χ0n) is 11.1. The van der Waals surface area contributed by atoms with Crippen molar-refractivity contribution in [2.24, 2.45) is 11.3 Å². The Hall–Kier alpha value is -1.06. The monoisotopic (exact) mass is 253 g/mol. The van der Waals surface area contributed by atoms with Gasteiger partial charge in [0.25, 0.3) is 0 Å². The predicted molar refractivity (Wildman–Crippen MR) is 68.1 cm³/mol. The average molecular weight is 253 g/mol. The van der Waals surface area contributed by atoms with Crippen molar-refractivity contribution < 1.29 is 14.7 Å². The van der Waals surface area contributed by atoms with Crippen LogP contribution in [0.3, 0.4) is 0 Å². The van der Waals surface area contributed by atoms with Crippen molar-refractivity contribution in [2.75, 3.05) is 0 Å². The van der Waals surface area contributed by atoms with Crippen LogP contribution in [0.2, 0.25) is 0 Å². The number of amides is 1. The number of hydrogen-bond donors (Lipinski definition) is 2. The van der Waals surface area contributed by atoms with Crippen LogP contribution in [-0.2, 0) is 9.59 Å². The molecule has 2 fully saturated rings. The molecular formula is C14H23NO3. The maximum atomic E-state index is 12.4. The minimum Gasteiger partial charge on any atom is -0.481 e. The molecular weight excluding hydrogens is 230 g/mol. The van der Waals surface area contributed by atoms with Crippen molar-refractivity contribution in [1.29, 1.82) is 0 Å². The van der Waals surface area contributed by atoms with E-state index in [1.807, 2.05) is 0 Å². The first-order valence-electron chi connectivity index (χ1n) is 7.11. The molecule has 0 aromatic rings. The van der Waals surface area contributed by atoms with Crippen molar-refractivity contribution in [3.05, 3.63) is 0 Å². The molecule has 0 aromatic carbocycles. The van der Waals surface area contributed by atoms with Crippen LogP contribution in [0.1, 0.15) is 58.3 Å². The summed E-state index contributed by atoms with van der Waals surface area (Å²) in [5.41, 5.74) is -0.165. The number of rotatable bonds is 4. The highest BCUT2D eigenvalue weighted by molar-refractivity contribution is 5.83. The Morgan fingerprint density at radius 1 is 1.28 bits per heavy atom. The quantitative estimate of drug-likeness (QED) is 0.808. The number of hydrogen-bond acceptors (Lipinski definition) is 2. The van der Waals surface area contributed by atoms with Crippen LogP contribution in [0.4, 0.5) is 0 Å². The first kappa shape index (κ1) is 13.4. The lowest BCUT2D eigenvalue weighted by Gasteiger charge is -2.28. The Morgan fingerprint density at radius 3 is 2.44 bits per heavy atom. The lowest BCUT2D eigenvalue weighted by Crippen LogP contribution is -2.43. The number of nitrogens with one attached hydrogen (secondary N) is 1. The minimum absolute atomic E-state index is 0.0719. The highest BCUT2D eigenvalue weighted by atomic mass is 16.4. The number of carbonyl (C=O) groups is 2. The Labute approximate surface area is 108 Å². The van der Waals surface area contributed by atoms with E-state index in [-0.39, 0.29) is 23.3 Å². The average Bonchev–Trinajstić information content (AvgIpc) is 2.97. The molecule has 2 atom stereocenters. The lowest BCUT2D eigenvalue weighted by molar-refractivity contribution is -0.141. The van der Waals surface area contributed by atoms with Gasteiger partial charge in [0.1, 0.15) is 0 Å². The first-order chi connectivity index (χ1) is 8.57. The second kappa shape index (κ2) is 5.29. The van der Waals surface area contributed by atoms with Crippen LogP contribution in [0.15, 0.2) is 0 Å². The summed E-state index contributed by atoms with van der Waals surface area (Å²) in [5.74, 6) is -0.826. The first-order valence-corrected chi connectivity index (χ1v) is 7.11. The number of carboxylic acid groups (broad SMARTS) is 1. The van der Waals surface area contributed by atoms with Gasteiger partial charge in [0, 0.05) is 11.5 Å². The summed E-state index contributed by atoms with van der Waals surface area (Å²) in [4.78, 5) is 23.3. The van der Waals surface area contributed by atoms with Crippen molar-refractivity contribution >= 4 is 11.9 Å². The van der Waals surface area contributed by atoms with Crippen LogP contribution in [0.5, 0.6) is 0 Å². The molecule has 18 heavy (non-hydrogen) atoms. The second-order valence-electron chi connectivity index (χ2n) is 5.86. The smallest absolute Gasteiger partial charge is 0.306 e. The van der Waals surface area contributed by atoms with Crippen LogP contribution in [0, 0.1) is 11.3 Å². The van der Waals surface area contributed by atoms with Gasteiger partial charge in [-0.25, -0.2) is 0 Å². The van der Waals surface area contributed by atoms with Gasteiger partial charge in [-0.05, 0) is 38.5 Å². The Balaban J connectivity index is 1.90. The second-order valence-corrected chi connectivity index (χ2v) is 5.86. The molecule has 4 nitrogen and oxygen atoms in total. The maximum Gasteiger partial charge on any atom is 0.306 e. The molecule has 2 rings (SSSR count). The molecule has 0 spiro atoms. The zero-order valence-corrected chi connectivity index (χ0v) is 11.1. The highest BCUT2D eigenvalue weighted by Gasteiger charge is 2.41. The van der Waals surface area contributed by atoms with Gasteiger partial charge in [0.2, 0.25) is 5.91 Å². The van der Waals surface area contributed by atoms with Crippen LogP contribution in [-0.4, -0.2) is 23.0 Å². The normalized spacial score (nSPS) is 30.3. The Morgan fingerprint density at radius 2 is 1.94 bits per heavy atom. The van der Waals surface area contributed by atoms with E-state index in [1.54, 1.807) is 0 Å². The van der Waals surface area contributed by atoms with Crippen LogP contribution in [0.25, 0.3) is 0 Å². The molecule has 0 radical (unpaired) electrons. The number of aliphatic carboxylic acids is 1. The summed E-state index contributed by atoms with van der Waals surface area (Å²) in [6, 6.07) is 0.0719. The van der Waals surface area contributed by atoms with Gasteiger partial charge >= 0.3 is 5.97 Å². The predicted octanol–water partition coefficient (Wildman–Crippen LogP) is 2.33. The summed E-state index contributed by atoms with van der Waals surface area (Å²) < 4.78 is 0. The fraction of sp³-hybridized carbons (Fsp3) is 0.857. The molecule has 0 saturated heterocycles. The van der Waals surface area contributed by atoms with E-state index >= 15 is 0 Å². The van der Waals surface area contributed by atoms with Crippen molar-refractivity contribution in [3.63, 3.8) is 0 Å². The van der Waals surface area contributed by atoms with Gasteiger partial charge in [-0.2, -0.15) is 0 Å². The van der Waals surface area contributed by atoms with Crippen LogP contribution < -0.4 is 5.32 Å². The van der Waals surface area contributed by atoms with Crippen molar-refractivity contribution in [1.82, 2.24) is 5.32 Å². The molecule has 2 aliphatic rings. The topological polar surface area (TPSA) is 66.4 Å². The molecule has 2 aliphatic carbocycles. The largest absolute Gasteiger partial charge is 0.481 e. The van der Waals surface area contributed by atoms with Crippen LogP contribution >= 0.6 is 0 Å². The SMILES string of the molecule is CCC1(C(=O)NC2CCC(C(=O)O)C2)CCCC1. The molecule has 0 heterocycles. The van der Waals surface area contributed by atoms with Gasteiger partial charge in [-0.3, -0.25) is 9.59 Å². The van der Waals surface area contributed by atoms with E-state index in [9.17, 15) is 9.59 Å². The van der Waals surface area contributed by atoms with E-state index in [2.05, 4.69) is 12.2 Å². The van der Waals surface area contributed by atoms with E-state index < -0.39 is 5.97 Å². The van der Waals surface area contributed by atoms with Crippen molar-refractivity contribution in [2.45, 2.75) is 64.3 Å². The lowest BCUT2D eigenvalue weighted by atomic mass is 9.82. The standard InChI is InChI=1S/C14H23NO3/c1-2-14(7-3-4-8-14)13(18)15-11-6-5-10(9-11)12(16)17/h10-11H,2-9H2,1H3,(H,15,18)(H,16,17). The van der Waals surface area contributed by atoms with E-state index in [4.69, 9.17) is 5.11 Å². The number of carbonyl (C=O) groups excluding carboxylic acids is 1. The van der Waals surface area contributed by atoms with Gasteiger partial charge in [-0.1, -0.05) is 19.8 Å². The third kappa shape index (κ3) is 2.52. The van der Waals surface area contributed by atoms with Gasteiger partial charge in [-0.15, -0.1) is 0 Å². The summed E-state index contributed by atoms with van der Waals surface area (Å²) in [6.07, 6.45) is 7.26. The molecule has 0 bridgehead atoms. The minimum atomic E-state index is -0.724. The molecule has 0 aliphatic heterocycles. The Bertz CT molecular complexity index is 334. The third-order valence-corrected chi connectivity index (χ3v) is 4.84. The highest BCUT2D eigenvalue weighted by Crippen LogP contribution is 2.41. The molecule has 0 aromatic heterocycles. The fourth-order valence-electron chi connectivity index (χ4n) is 3.47. The van der Waals surface area contributed by atoms with E-state index in [0.29, 0.717) is 12.8 Å². The van der Waals surface area contributed by atoms with Gasteiger partial charge < -0.3 is 10.4 Å².